The summed E-state index contributed by atoms with van der Waals surface area (Å²) >= 11 is 0. The van der Waals surface area contributed by atoms with Crippen molar-refractivity contribution in [3.05, 3.63) is 53.3 Å². The zero-order chi connectivity index (χ0) is 15.4. The second-order valence-corrected chi connectivity index (χ2v) is 5.46. The first-order chi connectivity index (χ1) is 10.0. The summed E-state index contributed by atoms with van der Waals surface area (Å²) in [6.45, 7) is 6.71. The van der Waals surface area contributed by atoms with Gasteiger partial charge in [-0.15, -0.1) is 0 Å². The Morgan fingerprint density at radius 2 is 1.95 bits per heavy atom. The van der Waals surface area contributed by atoms with Gasteiger partial charge in [-0.2, -0.15) is 0 Å². The number of aryl methyl sites for hydroxylation is 1. The Morgan fingerprint density at radius 1 is 1.29 bits per heavy atom. The quantitative estimate of drug-likeness (QED) is 0.886. The summed E-state index contributed by atoms with van der Waals surface area (Å²) in [6, 6.07) is 10.1. The minimum Gasteiger partial charge on any atom is -0.397 e. The standard InChI is InChI=1S/C17H23N3O/c1-4-13-7-5-6-8-14(13)10-19-17(21)16-9-15(18)11-20(16)12(2)3/h5-9,11-12H,4,10,18H2,1-3H3,(H,19,21). The maximum atomic E-state index is 12.4. The van der Waals surface area contributed by atoms with Gasteiger partial charge in [-0.1, -0.05) is 31.2 Å². The molecule has 0 radical (unpaired) electrons. The fourth-order valence-electron chi connectivity index (χ4n) is 2.45. The number of aromatic nitrogens is 1. The molecule has 0 unspecified atom stereocenters. The number of carbonyl (C=O) groups is 1. The lowest BCUT2D eigenvalue weighted by atomic mass is 10.1. The molecule has 1 aromatic carbocycles. The second kappa shape index (κ2) is 6.48. The van der Waals surface area contributed by atoms with Gasteiger partial charge in [0.25, 0.3) is 5.91 Å². The Labute approximate surface area is 126 Å². The molecule has 0 fully saturated rings. The van der Waals surface area contributed by atoms with E-state index in [0.29, 0.717) is 17.9 Å². The molecule has 0 spiro atoms. The molecule has 2 aromatic rings. The first-order valence-corrected chi connectivity index (χ1v) is 7.35. The van der Waals surface area contributed by atoms with Gasteiger partial charge in [-0.3, -0.25) is 4.79 Å². The average molecular weight is 285 g/mol. The first kappa shape index (κ1) is 15.2. The molecule has 4 nitrogen and oxygen atoms in total. The lowest BCUT2D eigenvalue weighted by Gasteiger charge is -2.13. The topological polar surface area (TPSA) is 60.1 Å². The van der Waals surface area contributed by atoms with Crippen LogP contribution in [0.1, 0.15) is 48.4 Å². The number of nitrogens with zero attached hydrogens (tertiary/aromatic N) is 1. The molecule has 0 saturated heterocycles. The Balaban J connectivity index is 2.12. The van der Waals surface area contributed by atoms with Crippen LogP contribution >= 0.6 is 0 Å². The van der Waals surface area contributed by atoms with Crippen molar-refractivity contribution in [2.24, 2.45) is 0 Å². The predicted octanol–water partition coefficient (Wildman–Crippen LogP) is 3.14. The summed E-state index contributed by atoms with van der Waals surface area (Å²) in [5.41, 5.74) is 9.45. The maximum Gasteiger partial charge on any atom is 0.268 e. The van der Waals surface area contributed by atoms with Crippen molar-refractivity contribution in [2.45, 2.75) is 39.8 Å². The van der Waals surface area contributed by atoms with Crippen LogP contribution in [0.25, 0.3) is 0 Å². The van der Waals surface area contributed by atoms with Gasteiger partial charge >= 0.3 is 0 Å². The molecule has 4 heteroatoms. The van der Waals surface area contributed by atoms with Gasteiger partial charge in [-0.05, 0) is 37.5 Å². The third-order valence-electron chi connectivity index (χ3n) is 3.60. The third kappa shape index (κ3) is 3.45. The van der Waals surface area contributed by atoms with E-state index in [1.165, 1.54) is 5.56 Å². The number of nitrogen functional groups attached to an aromatic ring is 1. The minimum absolute atomic E-state index is 0.0914. The molecule has 3 N–H and O–H groups in total. The summed E-state index contributed by atoms with van der Waals surface area (Å²) in [6.07, 6.45) is 2.76. The number of carbonyl (C=O) groups excluding carboxylic acids is 1. The Bertz CT molecular complexity index is 629. The molecule has 0 aliphatic carbocycles. The van der Waals surface area contributed by atoms with Crippen molar-refractivity contribution in [1.82, 2.24) is 9.88 Å². The molecular formula is C17H23N3O. The summed E-state index contributed by atoms with van der Waals surface area (Å²) in [7, 11) is 0. The van der Waals surface area contributed by atoms with E-state index in [1.807, 2.05) is 30.5 Å². The molecule has 0 aliphatic heterocycles. The van der Waals surface area contributed by atoms with Crippen LogP contribution < -0.4 is 11.1 Å². The van der Waals surface area contributed by atoms with Crippen molar-refractivity contribution in [2.75, 3.05) is 5.73 Å². The molecule has 0 atom stereocenters. The first-order valence-electron chi connectivity index (χ1n) is 7.35. The van der Waals surface area contributed by atoms with Crippen LogP contribution in [0.2, 0.25) is 0 Å². The van der Waals surface area contributed by atoms with Gasteiger partial charge in [0, 0.05) is 18.8 Å². The van der Waals surface area contributed by atoms with Crippen molar-refractivity contribution in [3.63, 3.8) is 0 Å². The van der Waals surface area contributed by atoms with Gasteiger partial charge < -0.3 is 15.6 Å². The van der Waals surface area contributed by atoms with Crippen LogP contribution in [0, 0.1) is 0 Å². The SMILES string of the molecule is CCc1ccccc1CNC(=O)c1cc(N)cn1C(C)C. The number of rotatable bonds is 5. The van der Waals surface area contributed by atoms with Crippen LogP contribution in [-0.2, 0) is 13.0 Å². The molecule has 1 aromatic heterocycles. The number of amides is 1. The van der Waals surface area contributed by atoms with Crippen LogP contribution in [0.4, 0.5) is 5.69 Å². The zero-order valence-corrected chi connectivity index (χ0v) is 12.9. The van der Waals surface area contributed by atoms with Gasteiger partial charge in [0.2, 0.25) is 0 Å². The van der Waals surface area contributed by atoms with Crippen molar-refractivity contribution < 1.29 is 4.79 Å². The number of benzene rings is 1. The third-order valence-corrected chi connectivity index (χ3v) is 3.60. The van der Waals surface area contributed by atoms with E-state index >= 15 is 0 Å². The van der Waals surface area contributed by atoms with Crippen LogP contribution in [0.3, 0.4) is 0 Å². The summed E-state index contributed by atoms with van der Waals surface area (Å²) in [5.74, 6) is -0.0914. The molecule has 21 heavy (non-hydrogen) atoms. The number of anilines is 1. The number of nitrogens with two attached hydrogens (primary N) is 1. The van der Waals surface area contributed by atoms with Gasteiger partial charge in [0.1, 0.15) is 5.69 Å². The van der Waals surface area contributed by atoms with Crippen molar-refractivity contribution in [3.8, 4) is 0 Å². The summed E-state index contributed by atoms with van der Waals surface area (Å²) < 4.78 is 1.90. The second-order valence-electron chi connectivity index (χ2n) is 5.46. The zero-order valence-electron chi connectivity index (χ0n) is 12.9. The number of hydrogen-bond acceptors (Lipinski definition) is 2. The summed E-state index contributed by atoms with van der Waals surface area (Å²) in [4.78, 5) is 12.4. The fraction of sp³-hybridized carbons (Fsp3) is 0.353. The van der Waals surface area contributed by atoms with Crippen LogP contribution in [-0.4, -0.2) is 10.5 Å². The Kier molecular flexibility index (Phi) is 4.68. The molecule has 1 heterocycles. The predicted molar refractivity (Wildman–Crippen MR) is 86.2 cm³/mol. The van der Waals surface area contributed by atoms with E-state index in [4.69, 9.17) is 5.73 Å². The molecule has 0 saturated carbocycles. The maximum absolute atomic E-state index is 12.4. The highest BCUT2D eigenvalue weighted by atomic mass is 16.1. The molecule has 2 rings (SSSR count). The number of nitrogens with one attached hydrogen (secondary N) is 1. The van der Waals surface area contributed by atoms with Crippen molar-refractivity contribution in [1.29, 1.82) is 0 Å². The smallest absolute Gasteiger partial charge is 0.268 e. The highest BCUT2D eigenvalue weighted by Gasteiger charge is 2.14. The van der Waals surface area contributed by atoms with Crippen LogP contribution in [0.5, 0.6) is 0 Å². The molecule has 0 aliphatic rings. The molecule has 0 bridgehead atoms. The summed E-state index contributed by atoms with van der Waals surface area (Å²) in [5, 5.41) is 2.98. The lowest BCUT2D eigenvalue weighted by molar-refractivity contribution is 0.0940. The monoisotopic (exact) mass is 285 g/mol. The Hall–Kier alpha value is -2.23. The Morgan fingerprint density at radius 3 is 2.57 bits per heavy atom. The molecular weight excluding hydrogens is 262 g/mol. The normalized spacial score (nSPS) is 10.9. The van der Waals surface area contributed by atoms with E-state index in [1.54, 1.807) is 12.3 Å². The van der Waals surface area contributed by atoms with Gasteiger partial charge in [0.15, 0.2) is 0 Å². The van der Waals surface area contributed by atoms with Gasteiger partial charge in [-0.25, -0.2) is 0 Å². The minimum atomic E-state index is -0.0914. The van der Waals surface area contributed by atoms with Crippen molar-refractivity contribution >= 4 is 11.6 Å². The van der Waals surface area contributed by atoms with E-state index < -0.39 is 0 Å². The van der Waals surface area contributed by atoms with Crippen LogP contribution in [0.15, 0.2) is 36.5 Å². The highest BCUT2D eigenvalue weighted by molar-refractivity contribution is 5.93. The lowest BCUT2D eigenvalue weighted by Crippen LogP contribution is -2.26. The highest BCUT2D eigenvalue weighted by Crippen LogP contribution is 2.17. The fourth-order valence-corrected chi connectivity index (χ4v) is 2.45. The largest absolute Gasteiger partial charge is 0.397 e. The number of hydrogen-bond donors (Lipinski definition) is 2. The van der Waals surface area contributed by atoms with E-state index in [0.717, 1.165) is 12.0 Å². The van der Waals surface area contributed by atoms with E-state index in [9.17, 15) is 4.79 Å². The molecule has 112 valence electrons. The van der Waals surface area contributed by atoms with Gasteiger partial charge in [0.05, 0.1) is 5.69 Å². The molecule has 1 amide bonds. The van der Waals surface area contributed by atoms with E-state index in [2.05, 4.69) is 24.4 Å². The van der Waals surface area contributed by atoms with E-state index in [-0.39, 0.29) is 11.9 Å². The average Bonchev–Trinajstić information content (AvgIpc) is 2.87.